The number of carbonyl (C=O) groups is 2. The number of halogens is 2. The van der Waals surface area contributed by atoms with Crippen LogP contribution in [0.25, 0.3) is 11.5 Å². The lowest BCUT2D eigenvalue weighted by atomic mass is 10.2. The highest BCUT2D eigenvalue weighted by molar-refractivity contribution is 6.53. The zero-order chi connectivity index (χ0) is 16.1. The number of amides is 1. The second kappa shape index (κ2) is 7.15. The average Bonchev–Trinajstić information content (AvgIpc) is 2.96. The predicted molar refractivity (Wildman–Crippen MR) is 80.5 cm³/mol. The molecule has 1 aromatic carbocycles. The molecule has 0 fully saturated rings. The van der Waals surface area contributed by atoms with E-state index < -0.39 is 16.7 Å². The number of methoxy groups -OCH3 is 1. The van der Waals surface area contributed by atoms with Crippen LogP contribution in [0.15, 0.2) is 34.7 Å². The number of nitrogens with zero attached hydrogens (tertiary/aromatic N) is 1. The smallest absolute Gasteiger partial charge is 0.362 e. The molecule has 0 bridgehead atoms. The summed E-state index contributed by atoms with van der Waals surface area (Å²) in [5.41, 5.74) is 5.12. The van der Waals surface area contributed by atoms with Gasteiger partial charge in [-0.3, -0.25) is 15.6 Å². The first kappa shape index (κ1) is 16.1. The van der Waals surface area contributed by atoms with Crippen molar-refractivity contribution in [2.24, 2.45) is 0 Å². The van der Waals surface area contributed by atoms with Gasteiger partial charge in [0.15, 0.2) is 4.84 Å². The van der Waals surface area contributed by atoms with E-state index in [-0.39, 0.29) is 17.5 Å². The summed E-state index contributed by atoms with van der Waals surface area (Å²) >= 11 is 10.8. The lowest BCUT2D eigenvalue weighted by Gasteiger charge is -2.06. The number of hydrogen-bond donors (Lipinski definition) is 2. The monoisotopic (exact) mass is 343 g/mol. The molecule has 116 valence electrons. The highest BCUT2D eigenvalue weighted by atomic mass is 35.5. The van der Waals surface area contributed by atoms with E-state index in [0.717, 1.165) is 0 Å². The Morgan fingerprint density at radius 2 is 1.95 bits per heavy atom. The number of carbonyl (C=O) groups excluding carboxylic acids is 2. The van der Waals surface area contributed by atoms with Crippen LogP contribution in [0.2, 0.25) is 0 Å². The van der Waals surface area contributed by atoms with Gasteiger partial charge in [-0.1, -0.05) is 41.4 Å². The second-order valence-corrected chi connectivity index (χ2v) is 5.07. The van der Waals surface area contributed by atoms with Crippen LogP contribution < -0.4 is 10.9 Å². The van der Waals surface area contributed by atoms with E-state index >= 15 is 0 Å². The molecule has 0 saturated heterocycles. The number of hydrazine groups is 1. The van der Waals surface area contributed by atoms with Crippen LogP contribution in [0, 0.1) is 0 Å². The molecule has 22 heavy (non-hydrogen) atoms. The Labute approximate surface area is 135 Å². The van der Waals surface area contributed by atoms with Crippen LogP contribution in [-0.4, -0.2) is 28.8 Å². The maximum absolute atomic E-state index is 11.7. The number of rotatable bonds is 5. The summed E-state index contributed by atoms with van der Waals surface area (Å²) in [6, 6.07) is 8.91. The topological polar surface area (TPSA) is 93.5 Å². The molecule has 2 rings (SSSR count). The molecule has 1 heterocycles. The SMILES string of the molecule is COC(=O)c1nc(-c2ccccc2)oc1NNC(=O)C(Cl)Cl. The Hall–Kier alpha value is -2.25. The second-order valence-electron chi connectivity index (χ2n) is 3.97. The number of nitrogens with one attached hydrogen (secondary N) is 2. The zero-order valence-electron chi connectivity index (χ0n) is 11.3. The molecule has 9 heteroatoms. The lowest BCUT2D eigenvalue weighted by Crippen LogP contribution is -2.33. The summed E-state index contributed by atoms with van der Waals surface area (Å²) in [5.74, 6) is -1.34. The van der Waals surface area contributed by atoms with Crippen LogP contribution >= 0.6 is 23.2 Å². The third kappa shape index (κ3) is 3.69. The number of benzene rings is 1. The third-order valence-corrected chi connectivity index (χ3v) is 2.92. The Morgan fingerprint density at radius 1 is 1.27 bits per heavy atom. The van der Waals surface area contributed by atoms with Crippen LogP contribution in [0.5, 0.6) is 0 Å². The largest absolute Gasteiger partial charge is 0.464 e. The Kier molecular flexibility index (Phi) is 5.24. The van der Waals surface area contributed by atoms with E-state index in [1.807, 2.05) is 6.07 Å². The third-order valence-electron chi connectivity index (χ3n) is 2.52. The fourth-order valence-corrected chi connectivity index (χ4v) is 1.63. The van der Waals surface area contributed by atoms with Gasteiger partial charge in [-0.05, 0) is 12.1 Å². The molecule has 2 aromatic rings. The molecule has 7 nitrogen and oxygen atoms in total. The van der Waals surface area contributed by atoms with E-state index in [9.17, 15) is 9.59 Å². The van der Waals surface area contributed by atoms with Gasteiger partial charge in [0, 0.05) is 5.56 Å². The molecule has 0 unspecified atom stereocenters. The fraction of sp³-hybridized carbons (Fsp3) is 0.154. The van der Waals surface area contributed by atoms with Gasteiger partial charge in [-0.15, -0.1) is 0 Å². The molecule has 0 aliphatic rings. The van der Waals surface area contributed by atoms with E-state index in [1.54, 1.807) is 24.3 Å². The summed E-state index contributed by atoms with van der Waals surface area (Å²) in [5, 5.41) is 0. The summed E-state index contributed by atoms with van der Waals surface area (Å²) in [6.45, 7) is 0. The summed E-state index contributed by atoms with van der Waals surface area (Å²) in [4.78, 5) is 25.8. The van der Waals surface area contributed by atoms with Gasteiger partial charge in [-0.2, -0.15) is 4.98 Å². The molecule has 1 amide bonds. The predicted octanol–water partition coefficient (Wildman–Crippen LogP) is 2.38. The number of esters is 1. The number of oxazole rings is 1. The summed E-state index contributed by atoms with van der Waals surface area (Å²) in [6.07, 6.45) is 0. The van der Waals surface area contributed by atoms with Gasteiger partial charge in [0.2, 0.25) is 17.5 Å². The van der Waals surface area contributed by atoms with Crippen molar-refractivity contribution in [1.29, 1.82) is 0 Å². The van der Waals surface area contributed by atoms with Crippen molar-refractivity contribution >= 4 is 41.0 Å². The Balaban J connectivity index is 2.29. The molecule has 0 atom stereocenters. The number of ether oxygens (including phenoxy) is 1. The van der Waals surface area contributed by atoms with Crippen molar-refractivity contribution in [2.75, 3.05) is 12.5 Å². The van der Waals surface area contributed by atoms with E-state index in [0.29, 0.717) is 5.56 Å². The number of alkyl halides is 2. The van der Waals surface area contributed by atoms with E-state index in [4.69, 9.17) is 27.6 Å². The van der Waals surface area contributed by atoms with Crippen molar-refractivity contribution in [3.63, 3.8) is 0 Å². The molecule has 0 spiro atoms. The number of aromatic nitrogens is 1. The standard InChI is InChI=1S/C13H11Cl2N3O4/c1-21-13(20)8-12(18-17-10(19)9(14)15)22-11(16-8)7-5-3-2-4-6-7/h2-6,9,18H,1H3,(H,17,19). The summed E-state index contributed by atoms with van der Waals surface area (Å²) in [7, 11) is 1.20. The van der Waals surface area contributed by atoms with Crippen LogP contribution in [0.4, 0.5) is 5.88 Å². The summed E-state index contributed by atoms with van der Waals surface area (Å²) < 4.78 is 10.0. The normalized spacial score (nSPS) is 10.4. The minimum absolute atomic E-state index is 0.0898. The van der Waals surface area contributed by atoms with E-state index in [2.05, 4.69) is 20.6 Å². The van der Waals surface area contributed by atoms with Gasteiger partial charge in [0.25, 0.3) is 5.91 Å². The molecule has 0 saturated carbocycles. The van der Waals surface area contributed by atoms with Gasteiger partial charge >= 0.3 is 5.97 Å². The maximum Gasteiger partial charge on any atom is 0.362 e. The minimum atomic E-state index is -1.27. The molecule has 1 aromatic heterocycles. The van der Waals surface area contributed by atoms with Crippen LogP contribution in [-0.2, 0) is 9.53 Å². The minimum Gasteiger partial charge on any atom is -0.464 e. The first-order chi connectivity index (χ1) is 10.5. The first-order valence-corrected chi connectivity index (χ1v) is 6.88. The quantitative estimate of drug-likeness (QED) is 0.491. The van der Waals surface area contributed by atoms with Gasteiger partial charge < -0.3 is 9.15 Å². The van der Waals surface area contributed by atoms with Crippen LogP contribution in [0.1, 0.15) is 10.5 Å². The molecular weight excluding hydrogens is 333 g/mol. The van der Waals surface area contributed by atoms with Crippen molar-refractivity contribution in [3.8, 4) is 11.5 Å². The van der Waals surface area contributed by atoms with E-state index in [1.165, 1.54) is 7.11 Å². The Morgan fingerprint density at radius 3 is 2.55 bits per heavy atom. The van der Waals surface area contributed by atoms with Crippen molar-refractivity contribution < 1.29 is 18.7 Å². The van der Waals surface area contributed by atoms with Gasteiger partial charge in [0.1, 0.15) is 0 Å². The van der Waals surface area contributed by atoms with Gasteiger partial charge in [-0.25, -0.2) is 4.79 Å². The molecule has 2 N–H and O–H groups in total. The van der Waals surface area contributed by atoms with Crippen molar-refractivity contribution in [1.82, 2.24) is 10.4 Å². The lowest BCUT2D eigenvalue weighted by molar-refractivity contribution is -0.119. The highest BCUT2D eigenvalue weighted by Crippen LogP contribution is 2.25. The van der Waals surface area contributed by atoms with Crippen molar-refractivity contribution in [2.45, 2.75) is 4.84 Å². The average molecular weight is 344 g/mol. The Bertz CT molecular complexity index is 673. The van der Waals surface area contributed by atoms with Crippen LogP contribution in [0.3, 0.4) is 0 Å². The van der Waals surface area contributed by atoms with Crippen molar-refractivity contribution in [3.05, 3.63) is 36.0 Å². The maximum atomic E-state index is 11.7. The molecule has 0 aliphatic carbocycles. The number of hydrogen-bond acceptors (Lipinski definition) is 6. The molecule has 0 aliphatic heterocycles. The molecule has 0 radical (unpaired) electrons. The number of anilines is 1. The fourth-order valence-electron chi connectivity index (χ4n) is 1.52. The molecular formula is C13H11Cl2N3O4. The highest BCUT2D eigenvalue weighted by Gasteiger charge is 2.22. The zero-order valence-corrected chi connectivity index (χ0v) is 12.8. The van der Waals surface area contributed by atoms with Gasteiger partial charge in [0.05, 0.1) is 7.11 Å². The first-order valence-electron chi connectivity index (χ1n) is 6.01.